The highest BCUT2D eigenvalue weighted by molar-refractivity contribution is 7.46. The lowest BCUT2D eigenvalue weighted by molar-refractivity contribution is -0.172. The van der Waals surface area contributed by atoms with Gasteiger partial charge in [0.15, 0.2) is 17.2 Å². The normalized spacial score (nSPS) is 18.3. The highest BCUT2D eigenvalue weighted by atomic mass is 31.2. The van der Waals surface area contributed by atoms with E-state index in [2.05, 4.69) is 14.8 Å². The maximum absolute atomic E-state index is 14.9. The number of rotatable bonds is 7. The van der Waals surface area contributed by atoms with Gasteiger partial charge in [0, 0.05) is 28.6 Å². The number of nitrogens with one attached hydrogen (secondary N) is 1. The lowest BCUT2D eigenvalue weighted by Crippen LogP contribution is -2.44. The molecule has 3 aromatic rings. The van der Waals surface area contributed by atoms with Crippen molar-refractivity contribution in [1.29, 1.82) is 0 Å². The van der Waals surface area contributed by atoms with Gasteiger partial charge in [0.2, 0.25) is 6.79 Å². The Kier molecular flexibility index (Phi) is 6.32. The van der Waals surface area contributed by atoms with Crippen molar-refractivity contribution in [2.24, 2.45) is 0 Å². The second-order valence-corrected chi connectivity index (χ2v) is 10.6. The van der Waals surface area contributed by atoms with E-state index < -0.39 is 37.6 Å². The number of ether oxygens (including phenoxy) is 2. The number of halogens is 1. The third kappa shape index (κ3) is 4.26. The molecule has 4 heterocycles. The summed E-state index contributed by atoms with van der Waals surface area (Å²) in [4.78, 5) is 48.2. The number of aliphatic hydroxyl groups is 1. The molecule has 0 saturated heterocycles. The molecule has 5 rings (SSSR count). The van der Waals surface area contributed by atoms with E-state index in [0.717, 1.165) is 6.07 Å². The van der Waals surface area contributed by atoms with Crippen LogP contribution >= 0.6 is 7.82 Å². The van der Waals surface area contributed by atoms with Gasteiger partial charge in [-0.25, -0.2) is 23.3 Å². The Morgan fingerprint density at radius 3 is 2.66 bits per heavy atom. The van der Waals surface area contributed by atoms with Gasteiger partial charge in [0.1, 0.15) is 6.61 Å². The Hall–Kier alpha value is -3.35. The summed E-state index contributed by atoms with van der Waals surface area (Å²) in [5, 5.41) is 14.8. The number of pyridine rings is 2. The van der Waals surface area contributed by atoms with Crippen molar-refractivity contribution >= 4 is 30.4 Å². The van der Waals surface area contributed by atoms with Gasteiger partial charge < -0.3 is 34.3 Å². The van der Waals surface area contributed by atoms with Crippen LogP contribution < -0.4 is 15.6 Å². The Bertz CT molecular complexity index is 1600. The second kappa shape index (κ2) is 9.14. The number of carbonyl (C=O) groups is 1. The highest BCUT2D eigenvalue weighted by Gasteiger charge is 2.45. The molecular formula is C24H25FN3O9P. The molecule has 202 valence electrons. The van der Waals surface area contributed by atoms with Crippen LogP contribution in [0, 0.1) is 5.82 Å². The molecular weight excluding hydrogens is 524 g/mol. The highest BCUT2D eigenvalue weighted by Crippen LogP contribution is 2.43. The van der Waals surface area contributed by atoms with Gasteiger partial charge in [-0.2, -0.15) is 0 Å². The van der Waals surface area contributed by atoms with E-state index in [1.807, 2.05) is 13.8 Å². The maximum Gasteiger partial charge on any atom is 0.472 e. The molecule has 2 aliphatic heterocycles. The van der Waals surface area contributed by atoms with E-state index in [0.29, 0.717) is 28.0 Å². The van der Waals surface area contributed by atoms with Crippen LogP contribution in [-0.2, 0) is 37.4 Å². The second-order valence-electron chi connectivity index (χ2n) is 9.40. The van der Waals surface area contributed by atoms with E-state index in [1.54, 1.807) is 13.0 Å². The number of anilines is 1. The number of phosphoric acid groups is 1. The smallest absolute Gasteiger partial charge is 0.464 e. The third-order valence-corrected chi connectivity index (χ3v) is 7.05. The topological polar surface area (TPSA) is 169 Å². The van der Waals surface area contributed by atoms with Crippen molar-refractivity contribution in [1.82, 2.24) is 9.55 Å². The van der Waals surface area contributed by atoms with Crippen molar-refractivity contribution in [3.8, 4) is 17.1 Å². The number of hydrogen-bond donors (Lipinski definition) is 4. The van der Waals surface area contributed by atoms with E-state index in [-0.39, 0.29) is 48.0 Å². The molecule has 2 aliphatic rings. The van der Waals surface area contributed by atoms with Crippen LogP contribution in [0.15, 0.2) is 23.0 Å². The van der Waals surface area contributed by atoms with Crippen LogP contribution in [0.1, 0.15) is 43.9 Å². The zero-order chi connectivity index (χ0) is 27.6. The lowest BCUT2D eigenvalue weighted by atomic mass is 9.86. The number of benzene rings is 1. The number of fused-ring (bicyclic) bond motifs is 5. The lowest BCUT2D eigenvalue weighted by Gasteiger charge is -2.31. The summed E-state index contributed by atoms with van der Waals surface area (Å²) in [6.07, 6.45) is -0.000389. The molecule has 0 bridgehead atoms. The molecule has 1 atom stereocenters. The predicted octanol–water partition coefficient (Wildman–Crippen LogP) is 2.48. The summed E-state index contributed by atoms with van der Waals surface area (Å²) >= 11 is 0. The SMILES string of the molecule is CC[C@@]1(O)C(=O)OCc2c1cc1n(c2=O)Cc2c-1nc1cc(F)c(OCOP(=O)(O)O)cc1c2NC(C)C. The first kappa shape index (κ1) is 26.3. The number of cyclic esters (lactones) is 1. The van der Waals surface area contributed by atoms with Crippen LogP contribution in [0.25, 0.3) is 22.3 Å². The predicted molar refractivity (Wildman–Crippen MR) is 132 cm³/mol. The quantitative estimate of drug-likeness (QED) is 0.152. The number of hydrogen-bond acceptors (Lipinski definition) is 9. The zero-order valence-electron chi connectivity index (χ0n) is 20.6. The van der Waals surface area contributed by atoms with Crippen LogP contribution in [0.5, 0.6) is 5.75 Å². The number of carbonyl (C=O) groups excluding carboxylic acids is 1. The standard InChI is InChI=1S/C24H25FN3O9P/c1-4-24(31)15-6-18-21-13(8-28(18)22(29)14(15)9-35-23(24)30)20(26-11(2)3)12-5-19(16(25)7-17(12)27-21)36-10-37-38(32,33)34/h5-7,11,31H,4,8-10H2,1-3H3,(H,26,27)(H2,32,33,34)/t24-/m0/s1. The Balaban J connectivity index is 1.70. The Labute approximate surface area is 215 Å². The van der Waals surface area contributed by atoms with Crippen molar-refractivity contribution in [3.63, 3.8) is 0 Å². The fraction of sp³-hybridized carbons (Fsp3) is 0.375. The summed E-state index contributed by atoms with van der Waals surface area (Å²) in [6.45, 7) is 4.36. The van der Waals surface area contributed by atoms with Gasteiger partial charge >= 0.3 is 13.8 Å². The van der Waals surface area contributed by atoms with E-state index in [9.17, 15) is 23.7 Å². The van der Waals surface area contributed by atoms with Crippen LogP contribution in [0.4, 0.5) is 10.1 Å². The number of aromatic nitrogens is 2. The molecule has 0 amide bonds. The Morgan fingerprint density at radius 1 is 1.26 bits per heavy atom. The van der Waals surface area contributed by atoms with E-state index in [4.69, 9.17) is 19.3 Å². The van der Waals surface area contributed by atoms with Crippen molar-refractivity contribution < 1.29 is 42.6 Å². The molecule has 14 heteroatoms. The molecule has 0 fully saturated rings. The van der Waals surface area contributed by atoms with Gasteiger partial charge in [0.25, 0.3) is 5.56 Å². The van der Waals surface area contributed by atoms with Gasteiger partial charge in [-0.05, 0) is 32.4 Å². The molecule has 0 unspecified atom stereocenters. The van der Waals surface area contributed by atoms with Gasteiger partial charge in [-0.3, -0.25) is 4.79 Å². The summed E-state index contributed by atoms with van der Waals surface area (Å²) in [6, 6.07) is 3.93. The van der Waals surface area contributed by atoms with E-state index in [1.165, 1.54) is 10.6 Å². The molecule has 1 aromatic carbocycles. The average Bonchev–Trinajstić information content (AvgIpc) is 3.20. The number of phosphoric ester groups is 1. The number of nitrogens with zero attached hydrogens (tertiary/aromatic N) is 2. The minimum absolute atomic E-state index is 0.000389. The fourth-order valence-electron chi connectivity index (χ4n) is 4.80. The Morgan fingerprint density at radius 2 is 2.00 bits per heavy atom. The molecule has 0 radical (unpaired) electrons. The third-order valence-electron chi connectivity index (χ3n) is 6.61. The van der Waals surface area contributed by atoms with Crippen LogP contribution in [0.3, 0.4) is 0 Å². The molecule has 0 aliphatic carbocycles. The zero-order valence-corrected chi connectivity index (χ0v) is 21.5. The van der Waals surface area contributed by atoms with Crippen molar-refractivity contribution in [2.45, 2.75) is 52.0 Å². The van der Waals surface area contributed by atoms with Crippen molar-refractivity contribution in [3.05, 3.63) is 51.1 Å². The average molecular weight is 549 g/mol. The molecule has 0 spiro atoms. The minimum atomic E-state index is -4.82. The summed E-state index contributed by atoms with van der Waals surface area (Å²) in [7, 11) is -4.82. The fourth-order valence-corrected chi connectivity index (χ4v) is 4.99. The molecule has 38 heavy (non-hydrogen) atoms. The van der Waals surface area contributed by atoms with Crippen LogP contribution in [0.2, 0.25) is 0 Å². The molecule has 2 aromatic heterocycles. The summed E-state index contributed by atoms with van der Waals surface area (Å²) in [5.41, 5.74) is 0.0954. The first-order valence-electron chi connectivity index (χ1n) is 11.8. The minimum Gasteiger partial charge on any atom is -0.464 e. The van der Waals surface area contributed by atoms with Crippen LogP contribution in [-0.4, -0.2) is 43.2 Å². The summed E-state index contributed by atoms with van der Waals surface area (Å²) < 4.78 is 41.8. The largest absolute Gasteiger partial charge is 0.472 e. The molecule has 0 saturated carbocycles. The first-order valence-corrected chi connectivity index (χ1v) is 13.3. The maximum atomic E-state index is 14.9. The first-order chi connectivity index (χ1) is 17.8. The number of esters is 1. The summed E-state index contributed by atoms with van der Waals surface area (Å²) in [5.74, 6) is -1.99. The van der Waals surface area contributed by atoms with E-state index >= 15 is 0 Å². The van der Waals surface area contributed by atoms with Gasteiger partial charge in [-0.1, -0.05) is 6.92 Å². The van der Waals surface area contributed by atoms with Gasteiger partial charge in [0.05, 0.1) is 34.7 Å². The van der Waals surface area contributed by atoms with Crippen molar-refractivity contribution in [2.75, 3.05) is 12.1 Å². The molecule has 12 nitrogen and oxygen atoms in total. The monoisotopic (exact) mass is 549 g/mol. The van der Waals surface area contributed by atoms with Gasteiger partial charge in [-0.15, -0.1) is 0 Å². The molecule has 4 N–H and O–H groups in total.